The van der Waals surface area contributed by atoms with Crippen molar-refractivity contribution in [3.05, 3.63) is 47.0 Å². The van der Waals surface area contributed by atoms with Crippen LogP contribution in [0.25, 0.3) is 5.69 Å². The minimum absolute atomic E-state index is 0.235. The van der Waals surface area contributed by atoms with Crippen LogP contribution in [0.2, 0.25) is 0 Å². The van der Waals surface area contributed by atoms with Crippen LogP contribution in [0.4, 0.5) is 4.39 Å². The topological polar surface area (TPSA) is 29.9 Å². The summed E-state index contributed by atoms with van der Waals surface area (Å²) in [6.45, 7) is 4.98. The van der Waals surface area contributed by atoms with Gasteiger partial charge in [0.1, 0.15) is 11.5 Å². The van der Waals surface area contributed by atoms with E-state index in [9.17, 15) is 4.39 Å². The van der Waals surface area contributed by atoms with E-state index in [0.717, 1.165) is 30.4 Å². The van der Waals surface area contributed by atoms with Crippen molar-refractivity contribution in [2.75, 3.05) is 6.54 Å². The fourth-order valence-electron chi connectivity index (χ4n) is 2.58. The van der Waals surface area contributed by atoms with Crippen molar-refractivity contribution in [2.45, 2.75) is 39.2 Å². The molecular weight excluding hydrogens is 253 g/mol. The molecule has 1 aromatic carbocycles. The van der Waals surface area contributed by atoms with Gasteiger partial charge in [-0.15, -0.1) is 0 Å². The van der Waals surface area contributed by atoms with Gasteiger partial charge in [-0.2, -0.15) is 5.10 Å². The Kier molecular flexibility index (Phi) is 3.57. The number of para-hydroxylation sites is 1. The Labute approximate surface area is 118 Å². The highest BCUT2D eigenvalue weighted by atomic mass is 19.1. The van der Waals surface area contributed by atoms with Gasteiger partial charge in [-0.3, -0.25) is 0 Å². The first-order valence-corrected chi connectivity index (χ1v) is 7.20. The zero-order valence-electron chi connectivity index (χ0n) is 12.0. The van der Waals surface area contributed by atoms with Crippen LogP contribution in [-0.4, -0.2) is 22.4 Å². The molecule has 1 fully saturated rings. The van der Waals surface area contributed by atoms with Gasteiger partial charge in [-0.05, 0) is 57.4 Å². The van der Waals surface area contributed by atoms with Crippen LogP contribution in [-0.2, 0) is 6.42 Å². The van der Waals surface area contributed by atoms with Crippen molar-refractivity contribution in [2.24, 2.45) is 0 Å². The molecule has 0 aliphatic heterocycles. The summed E-state index contributed by atoms with van der Waals surface area (Å²) in [5, 5.41) is 8.01. The van der Waals surface area contributed by atoms with Crippen molar-refractivity contribution in [3.63, 3.8) is 0 Å². The molecule has 0 bridgehead atoms. The van der Waals surface area contributed by atoms with E-state index in [1.54, 1.807) is 16.8 Å². The molecule has 106 valence electrons. The molecule has 20 heavy (non-hydrogen) atoms. The Morgan fingerprint density at radius 3 is 2.75 bits per heavy atom. The monoisotopic (exact) mass is 273 g/mol. The molecule has 1 N–H and O–H groups in total. The van der Waals surface area contributed by atoms with Gasteiger partial charge in [0.25, 0.3) is 0 Å². The number of halogens is 1. The molecule has 1 saturated carbocycles. The van der Waals surface area contributed by atoms with Crippen LogP contribution in [0.3, 0.4) is 0 Å². The number of hydrogen-bond donors (Lipinski definition) is 1. The van der Waals surface area contributed by atoms with Crippen LogP contribution in [0.15, 0.2) is 24.3 Å². The standard InChI is InChI=1S/C16H20FN3/c1-11-14(9-10-18-13-7-8-13)12(2)20(19-11)16-6-4-3-5-15(16)17/h3-6,13,18H,7-10H2,1-2H3. The van der Waals surface area contributed by atoms with E-state index in [1.165, 1.54) is 24.5 Å². The van der Waals surface area contributed by atoms with Gasteiger partial charge in [-0.1, -0.05) is 12.1 Å². The molecule has 4 heteroatoms. The van der Waals surface area contributed by atoms with Crippen molar-refractivity contribution in [3.8, 4) is 5.69 Å². The SMILES string of the molecule is Cc1nn(-c2ccccc2F)c(C)c1CCNC1CC1. The number of benzene rings is 1. The minimum Gasteiger partial charge on any atom is -0.314 e. The number of nitrogens with zero attached hydrogens (tertiary/aromatic N) is 2. The smallest absolute Gasteiger partial charge is 0.148 e. The van der Waals surface area contributed by atoms with Gasteiger partial charge in [0.05, 0.1) is 5.69 Å². The third-order valence-electron chi connectivity index (χ3n) is 3.91. The maximum atomic E-state index is 13.9. The summed E-state index contributed by atoms with van der Waals surface area (Å²) in [7, 11) is 0. The summed E-state index contributed by atoms with van der Waals surface area (Å²) in [6.07, 6.45) is 3.54. The predicted octanol–water partition coefficient (Wildman–Crippen LogP) is 2.92. The molecule has 0 atom stereocenters. The lowest BCUT2D eigenvalue weighted by Gasteiger charge is -2.07. The molecule has 1 heterocycles. The highest BCUT2D eigenvalue weighted by molar-refractivity contribution is 5.38. The number of rotatable bonds is 5. The molecule has 1 aliphatic rings. The first-order valence-electron chi connectivity index (χ1n) is 7.20. The summed E-state index contributed by atoms with van der Waals surface area (Å²) >= 11 is 0. The Balaban J connectivity index is 1.83. The van der Waals surface area contributed by atoms with Crippen LogP contribution in [0.5, 0.6) is 0 Å². The zero-order chi connectivity index (χ0) is 14.1. The summed E-state index contributed by atoms with van der Waals surface area (Å²) in [5.41, 5.74) is 3.77. The molecule has 1 aliphatic carbocycles. The average Bonchev–Trinajstić information content (AvgIpc) is 3.21. The lowest BCUT2D eigenvalue weighted by atomic mass is 10.1. The largest absolute Gasteiger partial charge is 0.314 e. The normalized spacial score (nSPS) is 14.8. The molecule has 0 amide bonds. The van der Waals surface area contributed by atoms with Gasteiger partial charge >= 0.3 is 0 Å². The lowest BCUT2D eigenvalue weighted by Crippen LogP contribution is -2.19. The third kappa shape index (κ3) is 2.61. The van der Waals surface area contributed by atoms with Gasteiger partial charge in [0.2, 0.25) is 0 Å². The molecule has 3 nitrogen and oxygen atoms in total. The highest BCUT2D eigenvalue weighted by Crippen LogP contribution is 2.21. The van der Waals surface area contributed by atoms with E-state index in [4.69, 9.17) is 0 Å². The molecular formula is C16H20FN3. The average molecular weight is 273 g/mol. The summed E-state index contributed by atoms with van der Waals surface area (Å²) in [4.78, 5) is 0. The van der Waals surface area contributed by atoms with Crippen molar-refractivity contribution < 1.29 is 4.39 Å². The van der Waals surface area contributed by atoms with E-state index in [0.29, 0.717) is 5.69 Å². The van der Waals surface area contributed by atoms with E-state index in [-0.39, 0.29) is 5.82 Å². The van der Waals surface area contributed by atoms with Gasteiger partial charge in [0, 0.05) is 11.7 Å². The maximum Gasteiger partial charge on any atom is 0.148 e. The molecule has 0 radical (unpaired) electrons. The molecule has 1 aromatic heterocycles. The van der Waals surface area contributed by atoms with Crippen molar-refractivity contribution in [1.82, 2.24) is 15.1 Å². The highest BCUT2D eigenvalue weighted by Gasteiger charge is 2.20. The zero-order valence-corrected chi connectivity index (χ0v) is 12.0. The second-order valence-electron chi connectivity index (χ2n) is 5.49. The Hall–Kier alpha value is -1.68. The Morgan fingerprint density at radius 2 is 2.05 bits per heavy atom. The fourth-order valence-corrected chi connectivity index (χ4v) is 2.58. The first-order chi connectivity index (χ1) is 9.66. The third-order valence-corrected chi connectivity index (χ3v) is 3.91. The van der Waals surface area contributed by atoms with E-state index in [2.05, 4.69) is 10.4 Å². The van der Waals surface area contributed by atoms with Gasteiger partial charge < -0.3 is 5.32 Å². The molecule has 0 spiro atoms. The molecule has 3 rings (SSSR count). The first kappa shape index (κ1) is 13.3. The lowest BCUT2D eigenvalue weighted by molar-refractivity contribution is 0.608. The van der Waals surface area contributed by atoms with Crippen LogP contribution in [0.1, 0.15) is 29.8 Å². The van der Waals surface area contributed by atoms with Gasteiger partial charge in [0.15, 0.2) is 0 Å². The van der Waals surface area contributed by atoms with E-state index < -0.39 is 0 Å². The van der Waals surface area contributed by atoms with Crippen molar-refractivity contribution in [1.29, 1.82) is 0 Å². The predicted molar refractivity (Wildman–Crippen MR) is 77.7 cm³/mol. The molecule has 2 aromatic rings. The number of nitrogens with one attached hydrogen (secondary N) is 1. The number of aryl methyl sites for hydroxylation is 1. The Morgan fingerprint density at radius 1 is 1.30 bits per heavy atom. The van der Waals surface area contributed by atoms with Gasteiger partial charge in [-0.25, -0.2) is 9.07 Å². The second kappa shape index (κ2) is 5.37. The van der Waals surface area contributed by atoms with Crippen LogP contribution >= 0.6 is 0 Å². The number of aromatic nitrogens is 2. The quantitative estimate of drug-likeness (QED) is 0.907. The molecule has 0 saturated heterocycles. The minimum atomic E-state index is -0.235. The van der Waals surface area contributed by atoms with Crippen LogP contribution in [0, 0.1) is 19.7 Å². The molecule has 0 unspecified atom stereocenters. The number of hydrogen-bond acceptors (Lipinski definition) is 2. The van der Waals surface area contributed by atoms with Crippen LogP contribution < -0.4 is 5.32 Å². The van der Waals surface area contributed by atoms with Crippen molar-refractivity contribution >= 4 is 0 Å². The second-order valence-corrected chi connectivity index (χ2v) is 5.49. The Bertz CT molecular complexity index is 614. The maximum absolute atomic E-state index is 13.9. The van der Waals surface area contributed by atoms with E-state index in [1.807, 2.05) is 19.9 Å². The summed E-state index contributed by atoms with van der Waals surface area (Å²) in [5.74, 6) is -0.235. The summed E-state index contributed by atoms with van der Waals surface area (Å²) < 4.78 is 15.6. The fraction of sp³-hybridized carbons (Fsp3) is 0.438. The summed E-state index contributed by atoms with van der Waals surface area (Å²) in [6, 6.07) is 7.49. The van der Waals surface area contributed by atoms with E-state index >= 15 is 0 Å².